The minimum absolute atomic E-state index is 0.220. The molecule has 2 heteroatoms. The lowest BCUT2D eigenvalue weighted by Gasteiger charge is -2.13. The molecule has 0 radical (unpaired) electrons. The maximum absolute atomic E-state index is 12.2. The lowest BCUT2D eigenvalue weighted by molar-refractivity contribution is -0.119. The summed E-state index contributed by atoms with van der Waals surface area (Å²) in [5.74, 6) is 0.547. The van der Waals surface area contributed by atoms with Crippen LogP contribution >= 0.6 is 0 Å². The fourth-order valence-corrected chi connectivity index (χ4v) is 2.55. The fraction of sp³-hybridized carbons (Fsp3) is 0.381. The van der Waals surface area contributed by atoms with Crippen LogP contribution in [0.15, 0.2) is 54.6 Å². The van der Waals surface area contributed by atoms with E-state index < -0.39 is 0 Å². The van der Waals surface area contributed by atoms with Gasteiger partial charge in [0, 0.05) is 19.4 Å². The third-order valence-electron chi connectivity index (χ3n) is 3.75. The van der Waals surface area contributed by atoms with E-state index in [2.05, 4.69) is 43.3 Å². The second-order valence-corrected chi connectivity index (χ2v) is 6.47. The van der Waals surface area contributed by atoms with Gasteiger partial charge in [0.2, 0.25) is 0 Å². The standard InChI is InChI=1S/C21H26O2/c1-16(2)23-15-17(3)13-21(22)14-18-9-11-20(12-10-18)19-7-5-4-6-8-19/h4-12,16-17H,13-15H2,1-3H3/t17-/m1/s1. The minimum atomic E-state index is 0.220. The summed E-state index contributed by atoms with van der Waals surface area (Å²) >= 11 is 0. The number of Topliss-reactive ketones (excluding diaryl/α,β-unsaturated/α-hetero) is 1. The van der Waals surface area contributed by atoms with Crippen molar-refractivity contribution in [1.82, 2.24) is 0 Å². The van der Waals surface area contributed by atoms with Crippen molar-refractivity contribution in [3.8, 4) is 11.1 Å². The Balaban J connectivity index is 1.87. The molecule has 0 saturated carbocycles. The molecule has 0 heterocycles. The van der Waals surface area contributed by atoms with Crippen LogP contribution in [0.1, 0.15) is 32.8 Å². The Morgan fingerprint density at radius 2 is 1.52 bits per heavy atom. The number of rotatable bonds is 8. The van der Waals surface area contributed by atoms with Crippen molar-refractivity contribution in [3.05, 3.63) is 60.2 Å². The van der Waals surface area contributed by atoms with Crippen molar-refractivity contribution in [2.75, 3.05) is 6.61 Å². The molecule has 0 saturated heterocycles. The zero-order valence-corrected chi connectivity index (χ0v) is 14.3. The second-order valence-electron chi connectivity index (χ2n) is 6.47. The molecule has 0 aromatic heterocycles. The Bertz CT molecular complexity index is 599. The van der Waals surface area contributed by atoms with E-state index in [1.165, 1.54) is 11.1 Å². The first-order valence-electron chi connectivity index (χ1n) is 8.32. The van der Waals surface area contributed by atoms with Gasteiger partial charge < -0.3 is 4.74 Å². The van der Waals surface area contributed by atoms with Gasteiger partial charge in [-0.3, -0.25) is 4.79 Å². The summed E-state index contributed by atoms with van der Waals surface area (Å²) in [5.41, 5.74) is 3.46. The van der Waals surface area contributed by atoms with Crippen LogP contribution in [0.4, 0.5) is 0 Å². The molecule has 122 valence electrons. The number of hydrogen-bond donors (Lipinski definition) is 0. The van der Waals surface area contributed by atoms with Crippen LogP contribution in [0.25, 0.3) is 11.1 Å². The van der Waals surface area contributed by atoms with Crippen molar-refractivity contribution >= 4 is 5.78 Å². The molecule has 0 N–H and O–H groups in total. The average Bonchev–Trinajstić information content (AvgIpc) is 2.54. The third kappa shape index (κ3) is 5.99. The smallest absolute Gasteiger partial charge is 0.137 e. The quantitative estimate of drug-likeness (QED) is 0.692. The van der Waals surface area contributed by atoms with E-state index in [0.29, 0.717) is 19.4 Å². The molecule has 0 fully saturated rings. The lowest BCUT2D eigenvalue weighted by atomic mass is 9.98. The van der Waals surface area contributed by atoms with Crippen LogP contribution in [-0.2, 0) is 16.0 Å². The zero-order valence-electron chi connectivity index (χ0n) is 14.3. The highest BCUT2D eigenvalue weighted by molar-refractivity contribution is 5.81. The highest BCUT2D eigenvalue weighted by Gasteiger charge is 2.11. The largest absolute Gasteiger partial charge is 0.379 e. The minimum Gasteiger partial charge on any atom is -0.379 e. The van der Waals surface area contributed by atoms with E-state index >= 15 is 0 Å². The maximum atomic E-state index is 12.2. The normalized spacial score (nSPS) is 12.3. The average molecular weight is 310 g/mol. The van der Waals surface area contributed by atoms with Crippen LogP contribution in [0.5, 0.6) is 0 Å². The summed E-state index contributed by atoms with van der Waals surface area (Å²) < 4.78 is 5.57. The summed E-state index contributed by atoms with van der Waals surface area (Å²) in [7, 11) is 0. The first kappa shape index (κ1) is 17.4. The summed E-state index contributed by atoms with van der Waals surface area (Å²) in [6.07, 6.45) is 1.30. The molecule has 2 aromatic rings. The van der Waals surface area contributed by atoms with Gasteiger partial charge in [-0.25, -0.2) is 0 Å². The van der Waals surface area contributed by atoms with Crippen molar-refractivity contribution in [2.24, 2.45) is 5.92 Å². The molecule has 0 aliphatic carbocycles. The molecule has 23 heavy (non-hydrogen) atoms. The van der Waals surface area contributed by atoms with E-state index in [9.17, 15) is 4.79 Å². The molecule has 0 spiro atoms. The van der Waals surface area contributed by atoms with Gasteiger partial charge in [0.05, 0.1) is 6.10 Å². The maximum Gasteiger partial charge on any atom is 0.137 e. The first-order valence-corrected chi connectivity index (χ1v) is 8.32. The monoisotopic (exact) mass is 310 g/mol. The van der Waals surface area contributed by atoms with E-state index in [-0.39, 0.29) is 17.8 Å². The van der Waals surface area contributed by atoms with Gasteiger partial charge in [0.15, 0.2) is 0 Å². The summed E-state index contributed by atoms with van der Waals surface area (Å²) in [4.78, 5) is 12.2. The van der Waals surface area contributed by atoms with Crippen LogP contribution in [0, 0.1) is 5.92 Å². The van der Waals surface area contributed by atoms with Gasteiger partial charge in [-0.15, -0.1) is 0 Å². The Kier molecular flexibility index (Phi) is 6.54. The number of ether oxygens (including phenoxy) is 1. The second kappa shape index (κ2) is 8.64. The van der Waals surface area contributed by atoms with Crippen LogP contribution in [0.2, 0.25) is 0 Å². The molecule has 2 nitrogen and oxygen atoms in total. The number of benzene rings is 2. The Morgan fingerprint density at radius 3 is 2.13 bits per heavy atom. The topological polar surface area (TPSA) is 26.3 Å². The van der Waals surface area contributed by atoms with E-state index in [0.717, 1.165) is 5.56 Å². The number of carbonyl (C=O) groups is 1. The predicted octanol–water partition coefficient (Wildman–Crippen LogP) is 4.92. The number of hydrogen-bond acceptors (Lipinski definition) is 2. The van der Waals surface area contributed by atoms with Crippen molar-refractivity contribution in [1.29, 1.82) is 0 Å². The Labute approximate surface area is 139 Å². The summed E-state index contributed by atoms with van der Waals surface area (Å²) in [5, 5.41) is 0. The van der Waals surface area contributed by atoms with Gasteiger partial charge in [0.1, 0.15) is 5.78 Å². The SMILES string of the molecule is CC(C)OC[C@H](C)CC(=O)Cc1ccc(-c2ccccc2)cc1. The molecular weight excluding hydrogens is 284 g/mol. The van der Waals surface area contributed by atoms with Crippen molar-refractivity contribution in [3.63, 3.8) is 0 Å². The summed E-state index contributed by atoms with van der Waals surface area (Å²) in [6, 6.07) is 18.5. The van der Waals surface area contributed by atoms with E-state index in [4.69, 9.17) is 4.74 Å². The zero-order chi connectivity index (χ0) is 16.7. The molecule has 2 rings (SSSR count). The molecule has 1 atom stereocenters. The highest BCUT2D eigenvalue weighted by Crippen LogP contribution is 2.19. The third-order valence-corrected chi connectivity index (χ3v) is 3.75. The predicted molar refractivity (Wildman–Crippen MR) is 95.5 cm³/mol. The highest BCUT2D eigenvalue weighted by atomic mass is 16.5. The van der Waals surface area contributed by atoms with Gasteiger partial charge in [-0.1, -0.05) is 61.5 Å². The molecule has 0 amide bonds. The van der Waals surface area contributed by atoms with Gasteiger partial charge in [0.25, 0.3) is 0 Å². The number of carbonyl (C=O) groups excluding carboxylic acids is 1. The van der Waals surface area contributed by atoms with Crippen LogP contribution in [-0.4, -0.2) is 18.5 Å². The fourth-order valence-electron chi connectivity index (χ4n) is 2.55. The Morgan fingerprint density at radius 1 is 0.913 bits per heavy atom. The number of ketones is 1. The van der Waals surface area contributed by atoms with Gasteiger partial charge in [-0.2, -0.15) is 0 Å². The lowest BCUT2D eigenvalue weighted by Crippen LogP contribution is -2.15. The molecule has 0 unspecified atom stereocenters. The van der Waals surface area contributed by atoms with Crippen LogP contribution in [0.3, 0.4) is 0 Å². The summed E-state index contributed by atoms with van der Waals surface area (Å²) in [6.45, 7) is 6.75. The first-order chi connectivity index (χ1) is 11.0. The molecule has 0 aliphatic rings. The van der Waals surface area contributed by atoms with Gasteiger partial charge in [-0.05, 0) is 36.5 Å². The van der Waals surface area contributed by atoms with Gasteiger partial charge >= 0.3 is 0 Å². The van der Waals surface area contributed by atoms with E-state index in [1.807, 2.05) is 32.0 Å². The molecular formula is C21H26O2. The molecule has 0 aliphatic heterocycles. The van der Waals surface area contributed by atoms with Crippen molar-refractivity contribution in [2.45, 2.75) is 39.7 Å². The molecule has 2 aromatic carbocycles. The van der Waals surface area contributed by atoms with E-state index in [1.54, 1.807) is 0 Å². The Hall–Kier alpha value is -1.93. The molecule has 0 bridgehead atoms. The van der Waals surface area contributed by atoms with Crippen LogP contribution < -0.4 is 0 Å². The van der Waals surface area contributed by atoms with Crippen molar-refractivity contribution < 1.29 is 9.53 Å².